The zero-order chi connectivity index (χ0) is 38.6. The fourth-order valence-electron chi connectivity index (χ4n) is 8.04. The van der Waals surface area contributed by atoms with Gasteiger partial charge in [0.2, 0.25) is 11.6 Å². The topological polar surface area (TPSA) is 64.5 Å². The second-order valence-corrected chi connectivity index (χ2v) is 15.6. The van der Waals surface area contributed by atoms with Crippen LogP contribution in [-0.4, -0.2) is 48.8 Å². The van der Waals surface area contributed by atoms with Crippen molar-refractivity contribution >= 4 is 45.2 Å². The van der Waals surface area contributed by atoms with Crippen molar-refractivity contribution in [3.05, 3.63) is 149 Å². The number of carbonyl (C=O) groups excluding carboxylic acids is 2. The van der Waals surface area contributed by atoms with Crippen LogP contribution in [0.5, 0.6) is 0 Å². The standard InChI is InChI=1S/C48H54N4O2/c1-9-10-32-52-41-27-24-36-16-11-12-17-38(36)44(41)48(6,7)43(52)29-26-35(25-28-42-47(4,5)39-18-13-14-19-40(39)51(42)8)34-20-22-37(23-21-34)46(54)50-31-15-30-49-45(53)33(2)3/h11-14,16-29H,2,9-10,15,30-32H2,1,3-8H3,(H-,49,50,53,54)/p+1. The van der Waals surface area contributed by atoms with Crippen LogP contribution >= 0.6 is 0 Å². The Bertz CT molecular complexity index is 2210. The van der Waals surface area contributed by atoms with Crippen molar-refractivity contribution < 1.29 is 14.2 Å². The third kappa shape index (κ3) is 7.48. The minimum absolute atomic E-state index is 0.136. The van der Waals surface area contributed by atoms with Gasteiger partial charge in [0.25, 0.3) is 5.91 Å². The summed E-state index contributed by atoms with van der Waals surface area (Å²) in [6.07, 6.45) is 11.9. The summed E-state index contributed by atoms with van der Waals surface area (Å²) in [5.74, 6) is -0.303. The van der Waals surface area contributed by atoms with E-state index in [1.165, 1.54) is 44.7 Å². The lowest BCUT2D eigenvalue weighted by Gasteiger charge is -2.27. The van der Waals surface area contributed by atoms with Crippen LogP contribution in [-0.2, 0) is 15.6 Å². The minimum Gasteiger partial charge on any atom is -0.352 e. The van der Waals surface area contributed by atoms with E-state index in [0.29, 0.717) is 30.6 Å². The molecule has 278 valence electrons. The van der Waals surface area contributed by atoms with E-state index in [1.54, 1.807) is 6.92 Å². The van der Waals surface area contributed by atoms with Crippen molar-refractivity contribution in [1.82, 2.24) is 10.6 Å². The molecule has 0 saturated heterocycles. The van der Waals surface area contributed by atoms with Gasteiger partial charge in [-0.25, -0.2) is 0 Å². The molecule has 0 saturated carbocycles. The molecule has 4 aromatic carbocycles. The summed E-state index contributed by atoms with van der Waals surface area (Å²) in [4.78, 5) is 27.4. The average molecular weight is 720 g/mol. The summed E-state index contributed by atoms with van der Waals surface area (Å²) in [7, 11) is 2.15. The summed E-state index contributed by atoms with van der Waals surface area (Å²) in [5.41, 5.74) is 10.5. The zero-order valence-electron chi connectivity index (χ0n) is 33.1. The Morgan fingerprint density at radius 1 is 0.833 bits per heavy atom. The van der Waals surface area contributed by atoms with Crippen LogP contribution in [0.15, 0.2) is 127 Å². The van der Waals surface area contributed by atoms with Crippen LogP contribution in [0.25, 0.3) is 16.3 Å². The summed E-state index contributed by atoms with van der Waals surface area (Å²) in [6.45, 7) is 18.8. The first-order chi connectivity index (χ1) is 25.9. The molecule has 0 aliphatic carbocycles. The van der Waals surface area contributed by atoms with Crippen LogP contribution in [0.1, 0.15) is 87.9 Å². The van der Waals surface area contributed by atoms with E-state index in [4.69, 9.17) is 0 Å². The summed E-state index contributed by atoms with van der Waals surface area (Å²) in [6, 6.07) is 29.8. The summed E-state index contributed by atoms with van der Waals surface area (Å²) < 4.78 is 2.30. The molecular formula is C48H55N4O2+. The van der Waals surface area contributed by atoms with E-state index in [0.717, 1.165) is 30.5 Å². The van der Waals surface area contributed by atoms with E-state index >= 15 is 0 Å². The number of benzene rings is 4. The van der Waals surface area contributed by atoms with Crippen molar-refractivity contribution in [2.24, 2.45) is 0 Å². The summed E-state index contributed by atoms with van der Waals surface area (Å²) in [5, 5.41) is 8.36. The number of carbonyl (C=O) groups is 2. The Balaban J connectivity index is 1.35. The van der Waals surface area contributed by atoms with Crippen molar-refractivity contribution in [2.45, 2.75) is 71.6 Å². The molecule has 0 unspecified atom stereocenters. The average Bonchev–Trinajstić information content (AvgIpc) is 3.51. The molecule has 2 aliphatic rings. The Labute approximate surface area is 321 Å². The molecule has 6 heteroatoms. The smallest absolute Gasteiger partial charge is 0.251 e. The molecule has 2 aliphatic heterocycles. The first kappa shape index (κ1) is 38.2. The second-order valence-electron chi connectivity index (χ2n) is 15.6. The van der Waals surface area contributed by atoms with Crippen molar-refractivity contribution in [2.75, 3.05) is 31.6 Å². The fourth-order valence-corrected chi connectivity index (χ4v) is 8.04. The van der Waals surface area contributed by atoms with Gasteiger partial charge in [-0.3, -0.25) is 9.59 Å². The van der Waals surface area contributed by atoms with Crippen LogP contribution in [0, 0.1) is 0 Å². The molecule has 54 heavy (non-hydrogen) atoms. The third-order valence-electron chi connectivity index (χ3n) is 11.1. The van der Waals surface area contributed by atoms with Gasteiger partial charge in [-0.1, -0.05) is 101 Å². The molecule has 0 spiro atoms. The maximum absolute atomic E-state index is 13.1. The molecule has 4 aromatic rings. The molecular weight excluding hydrogens is 665 g/mol. The molecule has 6 nitrogen and oxygen atoms in total. The number of para-hydroxylation sites is 1. The Hall–Kier alpha value is -5.49. The van der Waals surface area contributed by atoms with E-state index in [2.05, 4.69) is 153 Å². The predicted octanol–water partition coefficient (Wildman–Crippen LogP) is 9.78. The lowest BCUT2D eigenvalue weighted by Crippen LogP contribution is -2.30. The number of unbranched alkanes of at least 4 members (excludes halogenated alkanes) is 1. The van der Waals surface area contributed by atoms with Crippen molar-refractivity contribution in [3.63, 3.8) is 0 Å². The number of anilines is 1. The SMILES string of the molecule is C=C(C)C(=O)NCCCNC(=O)c1ccc(C(C=CC2=[N+](C)c3ccccc3C2(C)C)=CC=C2N(CCCC)c3ccc4ccccc4c3C2(C)C)cc1. The molecule has 0 bridgehead atoms. The molecule has 2 heterocycles. The highest BCUT2D eigenvalue weighted by Crippen LogP contribution is 2.51. The third-order valence-corrected chi connectivity index (χ3v) is 11.1. The first-order valence-corrected chi connectivity index (χ1v) is 19.3. The monoisotopic (exact) mass is 719 g/mol. The van der Waals surface area contributed by atoms with Gasteiger partial charge in [-0.05, 0) is 91.4 Å². The molecule has 6 rings (SSSR count). The molecule has 2 amide bonds. The number of nitrogens with one attached hydrogen (secondary N) is 2. The lowest BCUT2D eigenvalue weighted by molar-refractivity contribution is -0.401. The van der Waals surface area contributed by atoms with E-state index < -0.39 is 0 Å². The minimum atomic E-state index is -0.214. The van der Waals surface area contributed by atoms with Gasteiger partial charge in [0.1, 0.15) is 7.05 Å². The van der Waals surface area contributed by atoms with Gasteiger partial charge < -0.3 is 15.5 Å². The zero-order valence-corrected chi connectivity index (χ0v) is 33.1. The van der Waals surface area contributed by atoms with Gasteiger partial charge >= 0.3 is 0 Å². The lowest BCUT2D eigenvalue weighted by atomic mass is 9.80. The van der Waals surface area contributed by atoms with Crippen molar-refractivity contribution in [3.8, 4) is 0 Å². The number of fused-ring (bicyclic) bond motifs is 4. The van der Waals surface area contributed by atoms with Crippen molar-refractivity contribution in [1.29, 1.82) is 0 Å². The van der Waals surface area contributed by atoms with Gasteiger partial charge in [-0.15, -0.1) is 0 Å². The number of hydrogen-bond acceptors (Lipinski definition) is 3. The Morgan fingerprint density at radius 2 is 1.52 bits per heavy atom. The molecule has 0 fully saturated rings. The van der Waals surface area contributed by atoms with E-state index in [9.17, 15) is 9.59 Å². The number of allylic oxidation sites excluding steroid dienone is 6. The maximum Gasteiger partial charge on any atom is 0.251 e. The Morgan fingerprint density at radius 3 is 2.24 bits per heavy atom. The van der Waals surface area contributed by atoms with Gasteiger partial charge in [-0.2, -0.15) is 4.58 Å². The highest BCUT2D eigenvalue weighted by atomic mass is 16.2. The maximum atomic E-state index is 13.1. The predicted molar refractivity (Wildman–Crippen MR) is 226 cm³/mol. The van der Waals surface area contributed by atoms with Crippen LogP contribution < -0.4 is 15.5 Å². The Kier molecular flexibility index (Phi) is 11.2. The van der Waals surface area contributed by atoms with E-state index in [-0.39, 0.29) is 22.6 Å². The van der Waals surface area contributed by atoms with Gasteiger partial charge in [0.15, 0.2) is 5.71 Å². The first-order valence-electron chi connectivity index (χ1n) is 19.3. The number of rotatable bonds is 13. The number of nitrogens with zero attached hydrogens (tertiary/aromatic N) is 2. The highest BCUT2D eigenvalue weighted by molar-refractivity contribution is 6.04. The fraction of sp³-hybridized carbons (Fsp3) is 0.312. The molecule has 2 N–H and O–H groups in total. The second kappa shape index (κ2) is 15.9. The molecule has 0 aromatic heterocycles. The van der Waals surface area contributed by atoms with Gasteiger partial charge in [0, 0.05) is 65.3 Å². The van der Waals surface area contributed by atoms with Crippen LogP contribution in [0.2, 0.25) is 0 Å². The number of hydrogen-bond donors (Lipinski definition) is 2. The quantitative estimate of drug-likeness (QED) is 0.0626. The van der Waals surface area contributed by atoms with Crippen LogP contribution in [0.4, 0.5) is 11.4 Å². The van der Waals surface area contributed by atoms with Gasteiger partial charge in [0.05, 0.1) is 5.41 Å². The van der Waals surface area contributed by atoms with E-state index in [1.807, 2.05) is 24.3 Å². The highest BCUT2D eigenvalue weighted by Gasteiger charge is 2.43. The molecule has 0 atom stereocenters. The summed E-state index contributed by atoms with van der Waals surface area (Å²) >= 11 is 0. The largest absolute Gasteiger partial charge is 0.352 e. The normalized spacial score (nSPS) is 16.6. The molecule has 0 radical (unpaired) electrons. The number of amides is 2. The van der Waals surface area contributed by atoms with Crippen LogP contribution in [0.3, 0.4) is 0 Å².